The van der Waals surface area contributed by atoms with Gasteiger partial charge in [0.25, 0.3) is 0 Å². The van der Waals surface area contributed by atoms with Crippen LogP contribution in [0.4, 0.5) is 0 Å². The van der Waals surface area contributed by atoms with Gasteiger partial charge < -0.3 is 10.3 Å². The Morgan fingerprint density at radius 3 is 2.67 bits per heavy atom. The van der Waals surface area contributed by atoms with Crippen LogP contribution in [0.15, 0.2) is 18.5 Å². The first-order chi connectivity index (χ1) is 8.66. The quantitative estimate of drug-likeness (QED) is 0.836. The van der Waals surface area contributed by atoms with E-state index < -0.39 is 0 Å². The minimum atomic E-state index is 0.276. The number of hydrogen-bond donors (Lipinski definition) is 1. The van der Waals surface area contributed by atoms with Crippen LogP contribution in [-0.4, -0.2) is 15.6 Å². The van der Waals surface area contributed by atoms with Crippen molar-refractivity contribution in [3.05, 3.63) is 29.6 Å². The Kier molecular flexibility index (Phi) is 2.86. The lowest BCUT2D eigenvalue weighted by atomic mass is 9.90. The van der Waals surface area contributed by atoms with Gasteiger partial charge in [0.2, 0.25) is 0 Å². The molecule has 96 valence electrons. The van der Waals surface area contributed by atoms with Gasteiger partial charge in [0, 0.05) is 6.04 Å². The van der Waals surface area contributed by atoms with Gasteiger partial charge in [0.15, 0.2) is 0 Å². The van der Waals surface area contributed by atoms with E-state index >= 15 is 0 Å². The van der Waals surface area contributed by atoms with Gasteiger partial charge in [-0.3, -0.25) is 0 Å². The van der Waals surface area contributed by atoms with E-state index in [9.17, 15) is 0 Å². The summed E-state index contributed by atoms with van der Waals surface area (Å²) >= 11 is 0. The maximum atomic E-state index is 6.28. The lowest BCUT2D eigenvalue weighted by Crippen LogP contribution is -2.34. The molecule has 2 aromatic rings. The number of imidazole rings is 1. The van der Waals surface area contributed by atoms with Crippen molar-refractivity contribution < 1.29 is 0 Å². The van der Waals surface area contributed by atoms with Crippen molar-refractivity contribution in [1.29, 1.82) is 0 Å². The van der Waals surface area contributed by atoms with E-state index in [0.29, 0.717) is 6.04 Å². The zero-order valence-corrected chi connectivity index (χ0v) is 11.2. The first-order valence-corrected chi connectivity index (χ1v) is 6.86. The topological polar surface area (TPSA) is 43.8 Å². The lowest BCUT2D eigenvalue weighted by molar-refractivity contribution is 0.311. The third-order valence-corrected chi connectivity index (χ3v) is 4.33. The standard InChI is InChI=1S/C15H21N3/c1-10-7-13-15(8-11(10)2)18(9-17-13)14-6-4-3-5-12(14)16/h7-9,12,14H,3-6,16H2,1-2H3. The zero-order valence-electron chi connectivity index (χ0n) is 11.2. The Balaban J connectivity index is 2.09. The summed E-state index contributed by atoms with van der Waals surface area (Å²) in [5.74, 6) is 0. The van der Waals surface area contributed by atoms with E-state index in [0.717, 1.165) is 11.9 Å². The molecule has 0 radical (unpaired) electrons. The van der Waals surface area contributed by atoms with E-state index in [2.05, 4.69) is 35.5 Å². The van der Waals surface area contributed by atoms with Crippen LogP contribution in [0.3, 0.4) is 0 Å². The number of aromatic nitrogens is 2. The van der Waals surface area contributed by atoms with E-state index in [-0.39, 0.29) is 6.04 Å². The van der Waals surface area contributed by atoms with Gasteiger partial charge >= 0.3 is 0 Å². The number of aryl methyl sites for hydroxylation is 2. The molecular weight excluding hydrogens is 222 g/mol. The predicted molar refractivity (Wildman–Crippen MR) is 74.7 cm³/mol. The molecule has 1 aliphatic carbocycles. The molecule has 18 heavy (non-hydrogen) atoms. The molecule has 0 aliphatic heterocycles. The second-order valence-corrected chi connectivity index (χ2v) is 5.59. The highest BCUT2D eigenvalue weighted by molar-refractivity contribution is 5.77. The fourth-order valence-electron chi connectivity index (χ4n) is 3.03. The molecule has 3 nitrogen and oxygen atoms in total. The van der Waals surface area contributed by atoms with Crippen LogP contribution in [0.5, 0.6) is 0 Å². The number of hydrogen-bond acceptors (Lipinski definition) is 2. The molecule has 3 heteroatoms. The van der Waals surface area contributed by atoms with Crippen molar-refractivity contribution in [2.45, 2.75) is 51.6 Å². The maximum Gasteiger partial charge on any atom is 0.0961 e. The van der Waals surface area contributed by atoms with Crippen molar-refractivity contribution in [2.75, 3.05) is 0 Å². The summed E-state index contributed by atoms with van der Waals surface area (Å²) in [7, 11) is 0. The van der Waals surface area contributed by atoms with Crippen molar-refractivity contribution >= 4 is 11.0 Å². The monoisotopic (exact) mass is 243 g/mol. The summed E-state index contributed by atoms with van der Waals surface area (Å²) < 4.78 is 2.30. The molecule has 0 bridgehead atoms. The molecule has 1 aliphatic rings. The number of nitrogens with zero attached hydrogens (tertiary/aromatic N) is 2. The molecule has 0 saturated heterocycles. The Bertz CT molecular complexity index is 570. The number of nitrogens with two attached hydrogens (primary N) is 1. The molecule has 1 saturated carbocycles. The summed E-state index contributed by atoms with van der Waals surface area (Å²) in [6.45, 7) is 4.30. The molecular formula is C15H21N3. The molecule has 1 aromatic heterocycles. The first-order valence-electron chi connectivity index (χ1n) is 6.86. The fourth-order valence-corrected chi connectivity index (χ4v) is 3.03. The first kappa shape index (κ1) is 11.7. The average molecular weight is 243 g/mol. The summed E-state index contributed by atoms with van der Waals surface area (Å²) in [4.78, 5) is 4.54. The van der Waals surface area contributed by atoms with Gasteiger partial charge in [0.05, 0.1) is 23.4 Å². The Morgan fingerprint density at radius 2 is 1.89 bits per heavy atom. The Hall–Kier alpha value is -1.35. The fraction of sp³-hybridized carbons (Fsp3) is 0.533. The highest BCUT2D eigenvalue weighted by atomic mass is 15.1. The maximum absolute atomic E-state index is 6.28. The van der Waals surface area contributed by atoms with Crippen LogP contribution in [0.25, 0.3) is 11.0 Å². The molecule has 0 amide bonds. The number of rotatable bonds is 1. The summed E-state index contributed by atoms with van der Waals surface area (Å²) in [5, 5.41) is 0. The number of benzene rings is 1. The van der Waals surface area contributed by atoms with E-state index in [1.807, 2.05) is 6.33 Å². The van der Waals surface area contributed by atoms with Crippen molar-refractivity contribution in [1.82, 2.24) is 9.55 Å². The molecule has 1 aromatic carbocycles. The van der Waals surface area contributed by atoms with Gasteiger partial charge in [-0.15, -0.1) is 0 Å². The van der Waals surface area contributed by atoms with Gasteiger partial charge in [-0.2, -0.15) is 0 Å². The van der Waals surface area contributed by atoms with Gasteiger partial charge in [-0.1, -0.05) is 12.8 Å². The van der Waals surface area contributed by atoms with Gasteiger partial charge in [0.1, 0.15) is 0 Å². The lowest BCUT2D eigenvalue weighted by Gasteiger charge is -2.30. The zero-order chi connectivity index (χ0) is 12.7. The summed E-state index contributed by atoms with van der Waals surface area (Å²) in [6, 6.07) is 5.12. The van der Waals surface area contributed by atoms with Crippen LogP contribution in [0.2, 0.25) is 0 Å². The highest BCUT2D eigenvalue weighted by Crippen LogP contribution is 2.30. The van der Waals surface area contributed by atoms with Crippen molar-refractivity contribution in [3.8, 4) is 0 Å². The average Bonchev–Trinajstić information content (AvgIpc) is 2.73. The minimum absolute atomic E-state index is 0.276. The predicted octanol–water partition coefficient (Wildman–Crippen LogP) is 3.10. The Morgan fingerprint density at radius 1 is 1.17 bits per heavy atom. The van der Waals surface area contributed by atoms with E-state index in [1.54, 1.807) is 0 Å². The SMILES string of the molecule is Cc1cc2ncn(C3CCCCC3N)c2cc1C. The van der Waals surface area contributed by atoms with Crippen molar-refractivity contribution in [3.63, 3.8) is 0 Å². The molecule has 3 rings (SSSR count). The van der Waals surface area contributed by atoms with Gasteiger partial charge in [-0.25, -0.2) is 4.98 Å². The highest BCUT2D eigenvalue weighted by Gasteiger charge is 2.24. The molecule has 0 spiro atoms. The molecule has 2 unspecified atom stereocenters. The Labute approximate surface area is 108 Å². The molecule has 1 heterocycles. The van der Waals surface area contributed by atoms with E-state index in [4.69, 9.17) is 5.73 Å². The number of fused-ring (bicyclic) bond motifs is 1. The normalized spacial score (nSPS) is 24.6. The second kappa shape index (κ2) is 4.39. The third kappa shape index (κ3) is 1.83. The molecule has 2 N–H and O–H groups in total. The van der Waals surface area contributed by atoms with Crippen LogP contribution < -0.4 is 5.73 Å². The third-order valence-electron chi connectivity index (χ3n) is 4.33. The smallest absolute Gasteiger partial charge is 0.0961 e. The van der Waals surface area contributed by atoms with Crippen LogP contribution in [0.1, 0.15) is 42.9 Å². The summed E-state index contributed by atoms with van der Waals surface area (Å²) in [6.07, 6.45) is 6.83. The second-order valence-electron chi connectivity index (χ2n) is 5.59. The van der Waals surface area contributed by atoms with E-state index in [1.165, 1.54) is 35.9 Å². The largest absolute Gasteiger partial charge is 0.326 e. The summed E-state index contributed by atoms with van der Waals surface area (Å²) in [5.41, 5.74) is 11.2. The van der Waals surface area contributed by atoms with Gasteiger partial charge in [-0.05, 0) is 49.9 Å². The molecule has 1 fully saturated rings. The van der Waals surface area contributed by atoms with Crippen LogP contribution >= 0.6 is 0 Å². The molecule has 2 atom stereocenters. The minimum Gasteiger partial charge on any atom is -0.326 e. The van der Waals surface area contributed by atoms with Crippen molar-refractivity contribution in [2.24, 2.45) is 5.73 Å². The van der Waals surface area contributed by atoms with Crippen LogP contribution in [0, 0.1) is 13.8 Å². The van der Waals surface area contributed by atoms with Crippen LogP contribution in [-0.2, 0) is 0 Å².